The molecule has 1 amide bonds. The van der Waals surface area contributed by atoms with Crippen LogP contribution in [0.1, 0.15) is 11.3 Å². The number of amides is 1. The van der Waals surface area contributed by atoms with Gasteiger partial charge in [-0.2, -0.15) is 13.2 Å². The van der Waals surface area contributed by atoms with E-state index in [1.807, 2.05) is 0 Å². The standard InChI is InChI=1S/C16H10Cl2F3N3O2/c17-9-1-2-13(25)12(4-9)23-14(26)5-10-7-24-6-8(16(19,20)21)3-11(18)15(24)22-10/h1-4,6-7,25H,5H2,(H,23,26). The van der Waals surface area contributed by atoms with Crippen molar-refractivity contribution in [3.63, 3.8) is 0 Å². The fraction of sp³-hybridized carbons (Fsp3) is 0.125. The Morgan fingerprint density at radius 2 is 1.96 bits per heavy atom. The van der Waals surface area contributed by atoms with Crippen molar-refractivity contribution in [2.45, 2.75) is 12.6 Å². The maximum Gasteiger partial charge on any atom is 0.417 e. The maximum atomic E-state index is 12.8. The number of hydrogen-bond acceptors (Lipinski definition) is 3. The molecule has 0 spiro atoms. The van der Waals surface area contributed by atoms with Gasteiger partial charge in [0.25, 0.3) is 0 Å². The number of hydrogen-bond donors (Lipinski definition) is 2. The molecular formula is C16H10Cl2F3N3O2. The van der Waals surface area contributed by atoms with Gasteiger partial charge in [0.1, 0.15) is 5.75 Å². The van der Waals surface area contributed by atoms with E-state index in [4.69, 9.17) is 23.2 Å². The van der Waals surface area contributed by atoms with Crippen LogP contribution in [0.5, 0.6) is 5.75 Å². The molecule has 0 bridgehead atoms. The van der Waals surface area contributed by atoms with Gasteiger partial charge < -0.3 is 14.8 Å². The topological polar surface area (TPSA) is 66.6 Å². The summed E-state index contributed by atoms with van der Waals surface area (Å²) in [5.41, 5.74) is -0.491. The van der Waals surface area contributed by atoms with E-state index in [0.29, 0.717) is 5.02 Å². The van der Waals surface area contributed by atoms with Crippen LogP contribution in [0, 0.1) is 0 Å². The lowest BCUT2D eigenvalue weighted by atomic mass is 10.2. The third-order valence-corrected chi connectivity index (χ3v) is 3.97. The van der Waals surface area contributed by atoms with Crippen molar-refractivity contribution in [2.75, 3.05) is 5.32 Å². The molecule has 5 nitrogen and oxygen atoms in total. The number of fused-ring (bicyclic) bond motifs is 1. The minimum atomic E-state index is -4.55. The van der Waals surface area contributed by atoms with Crippen LogP contribution in [0.15, 0.2) is 36.7 Å². The summed E-state index contributed by atoms with van der Waals surface area (Å²) < 4.78 is 39.6. The third kappa shape index (κ3) is 3.86. The Labute approximate surface area is 155 Å². The Hall–Kier alpha value is -2.45. The predicted octanol–water partition coefficient (Wildman–Crippen LogP) is 4.55. The number of halogens is 5. The highest BCUT2D eigenvalue weighted by Gasteiger charge is 2.32. The number of aromatic hydroxyl groups is 1. The number of carbonyl (C=O) groups excluding carboxylic acids is 1. The Kier molecular flexibility index (Phi) is 4.72. The van der Waals surface area contributed by atoms with Gasteiger partial charge in [-0.15, -0.1) is 0 Å². The molecule has 1 aromatic carbocycles. The van der Waals surface area contributed by atoms with Gasteiger partial charge in [-0.3, -0.25) is 4.79 Å². The molecule has 2 heterocycles. The zero-order valence-corrected chi connectivity index (χ0v) is 14.3. The number of phenolic OH excluding ortho intramolecular Hbond substituents is 1. The fourth-order valence-electron chi connectivity index (χ4n) is 2.32. The summed E-state index contributed by atoms with van der Waals surface area (Å²) in [7, 11) is 0. The van der Waals surface area contributed by atoms with E-state index < -0.39 is 17.6 Å². The second-order valence-electron chi connectivity index (χ2n) is 5.42. The molecule has 3 aromatic rings. The van der Waals surface area contributed by atoms with Crippen molar-refractivity contribution in [1.29, 1.82) is 0 Å². The Bertz CT molecular complexity index is 1000. The number of alkyl halides is 3. The van der Waals surface area contributed by atoms with Gasteiger partial charge in [0, 0.05) is 17.4 Å². The molecule has 0 saturated carbocycles. The molecule has 0 aliphatic heterocycles. The van der Waals surface area contributed by atoms with Crippen LogP contribution < -0.4 is 5.32 Å². The van der Waals surface area contributed by atoms with Crippen molar-refractivity contribution < 1.29 is 23.1 Å². The first kappa shape index (κ1) is 18.3. The van der Waals surface area contributed by atoms with E-state index in [1.54, 1.807) is 0 Å². The molecule has 136 valence electrons. The van der Waals surface area contributed by atoms with Crippen molar-refractivity contribution in [3.05, 3.63) is 58.0 Å². The highest BCUT2D eigenvalue weighted by Crippen LogP contribution is 2.32. The number of phenols is 1. The molecule has 0 atom stereocenters. The highest BCUT2D eigenvalue weighted by atomic mass is 35.5. The minimum Gasteiger partial charge on any atom is -0.506 e. The number of benzene rings is 1. The number of nitrogens with zero attached hydrogens (tertiary/aromatic N) is 2. The molecule has 0 unspecified atom stereocenters. The van der Waals surface area contributed by atoms with Gasteiger partial charge in [-0.1, -0.05) is 23.2 Å². The van der Waals surface area contributed by atoms with Crippen molar-refractivity contribution in [2.24, 2.45) is 0 Å². The Balaban J connectivity index is 1.83. The number of nitrogens with one attached hydrogen (secondary N) is 1. The lowest BCUT2D eigenvalue weighted by Crippen LogP contribution is -2.14. The first-order valence-electron chi connectivity index (χ1n) is 7.16. The van der Waals surface area contributed by atoms with Crippen LogP contribution >= 0.6 is 23.2 Å². The molecular weight excluding hydrogens is 394 g/mol. The van der Waals surface area contributed by atoms with Crippen LogP contribution in [0.3, 0.4) is 0 Å². The van der Waals surface area contributed by atoms with Gasteiger partial charge in [-0.25, -0.2) is 4.98 Å². The van der Waals surface area contributed by atoms with Crippen LogP contribution in [-0.4, -0.2) is 20.4 Å². The normalized spacial score (nSPS) is 11.7. The average Bonchev–Trinajstić information content (AvgIpc) is 2.93. The third-order valence-electron chi connectivity index (χ3n) is 3.46. The SMILES string of the molecule is O=C(Cc1cn2cc(C(F)(F)F)cc(Cl)c2n1)Nc1cc(Cl)ccc1O. The number of rotatable bonds is 3. The van der Waals surface area contributed by atoms with E-state index >= 15 is 0 Å². The van der Waals surface area contributed by atoms with Gasteiger partial charge in [0.05, 0.1) is 28.4 Å². The second-order valence-corrected chi connectivity index (χ2v) is 6.27. The summed E-state index contributed by atoms with van der Waals surface area (Å²) in [5.74, 6) is -0.700. The van der Waals surface area contributed by atoms with Gasteiger partial charge in [-0.05, 0) is 24.3 Å². The predicted molar refractivity (Wildman–Crippen MR) is 90.7 cm³/mol. The molecule has 0 radical (unpaired) electrons. The first-order chi connectivity index (χ1) is 12.1. The van der Waals surface area contributed by atoms with Crippen molar-refractivity contribution in [3.8, 4) is 5.75 Å². The average molecular weight is 404 g/mol. The molecule has 0 aliphatic carbocycles. The first-order valence-corrected chi connectivity index (χ1v) is 7.92. The van der Waals surface area contributed by atoms with Gasteiger partial charge in [0.15, 0.2) is 5.65 Å². The number of aromatic nitrogens is 2. The van der Waals surface area contributed by atoms with E-state index in [2.05, 4.69) is 10.3 Å². The summed E-state index contributed by atoms with van der Waals surface area (Å²) in [6, 6.07) is 4.92. The van der Waals surface area contributed by atoms with Gasteiger partial charge >= 0.3 is 6.18 Å². The summed E-state index contributed by atoms with van der Waals surface area (Å²) in [5, 5.41) is 12.3. The fourth-order valence-corrected chi connectivity index (χ4v) is 2.74. The smallest absolute Gasteiger partial charge is 0.417 e. The van der Waals surface area contributed by atoms with Crippen molar-refractivity contribution in [1.82, 2.24) is 9.38 Å². The monoisotopic (exact) mass is 403 g/mol. The van der Waals surface area contributed by atoms with Gasteiger partial charge in [0.2, 0.25) is 5.91 Å². The summed E-state index contributed by atoms with van der Waals surface area (Å²) in [6.07, 6.45) is -2.65. The zero-order chi connectivity index (χ0) is 19.1. The summed E-state index contributed by atoms with van der Waals surface area (Å²) in [6.45, 7) is 0. The molecule has 2 aromatic heterocycles. The number of pyridine rings is 1. The highest BCUT2D eigenvalue weighted by molar-refractivity contribution is 6.33. The summed E-state index contributed by atoms with van der Waals surface area (Å²) >= 11 is 11.7. The molecule has 0 saturated heterocycles. The van der Waals surface area contributed by atoms with Crippen LogP contribution in [0.4, 0.5) is 18.9 Å². The molecule has 0 fully saturated rings. The van der Waals surface area contributed by atoms with Crippen LogP contribution in [0.25, 0.3) is 5.65 Å². The molecule has 3 rings (SSSR count). The maximum absolute atomic E-state index is 12.8. The van der Waals surface area contributed by atoms with E-state index in [-0.39, 0.29) is 34.2 Å². The molecule has 2 N–H and O–H groups in total. The Morgan fingerprint density at radius 1 is 1.23 bits per heavy atom. The number of carbonyl (C=O) groups is 1. The Morgan fingerprint density at radius 3 is 2.65 bits per heavy atom. The van der Waals surface area contributed by atoms with E-state index in [1.165, 1.54) is 24.4 Å². The quantitative estimate of drug-likeness (QED) is 0.630. The zero-order valence-electron chi connectivity index (χ0n) is 12.8. The molecule has 26 heavy (non-hydrogen) atoms. The summed E-state index contributed by atoms with van der Waals surface area (Å²) in [4.78, 5) is 16.2. The lowest BCUT2D eigenvalue weighted by Gasteiger charge is -2.07. The lowest BCUT2D eigenvalue weighted by molar-refractivity contribution is -0.137. The minimum absolute atomic E-state index is 0.105. The van der Waals surface area contributed by atoms with E-state index in [0.717, 1.165) is 16.7 Å². The number of imidazole rings is 1. The van der Waals surface area contributed by atoms with Crippen LogP contribution in [0.2, 0.25) is 10.0 Å². The second kappa shape index (κ2) is 6.69. The molecule has 10 heteroatoms. The molecule has 0 aliphatic rings. The van der Waals surface area contributed by atoms with E-state index in [9.17, 15) is 23.1 Å². The van der Waals surface area contributed by atoms with Crippen molar-refractivity contribution >= 4 is 40.4 Å². The largest absolute Gasteiger partial charge is 0.506 e. The number of anilines is 1. The van der Waals surface area contributed by atoms with Crippen LogP contribution in [-0.2, 0) is 17.4 Å².